The summed E-state index contributed by atoms with van der Waals surface area (Å²) >= 11 is 0. The average molecular weight is 341 g/mol. The molecule has 0 bridgehead atoms. The summed E-state index contributed by atoms with van der Waals surface area (Å²) < 4.78 is 11.7. The van der Waals surface area contributed by atoms with Crippen LogP contribution >= 0.6 is 0 Å². The van der Waals surface area contributed by atoms with Gasteiger partial charge in [-0.2, -0.15) is 4.68 Å². The zero-order valence-electron chi connectivity index (χ0n) is 13.8. The number of fused-ring (bicyclic) bond motifs is 1. The predicted molar refractivity (Wildman–Crippen MR) is 93.4 cm³/mol. The second-order valence-electron chi connectivity index (χ2n) is 5.39. The molecular weight excluding hydrogens is 322 g/mol. The lowest BCUT2D eigenvalue weighted by Gasteiger charge is -2.08. The van der Waals surface area contributed by atoms with Crippen LogP contribution in [0.4, 0.5) is 4.79 Å². The maximum absolute atomic E-state index is 11.3. The van der Waals surface area contributed by atoms with E-state index in [2.05, 4.69) is 22.5 Å². The highest BCUT2D eigenvalue weighted by molar-refractivity contribution is 5.91. The minimum Gasteiger partial charge on any atom is -0.492 e. The minimum absolute atomic E-state index is 0.272. The molecule has 0 aliphatic rings. The molecule has 2 N–H and O–H groups in total. The first-order chi connectivity index (χ1) is 12.2. The molecule has 1 heterocycles. The number of ether oxygens (including phenoxy) is 2. The Kier molecular flexibility index (Phi) is 5.15. The number of carbonyl (C=O) groups is 1. The normalized spacial score (nSPS) is 10.8. The van der Waals surface area contributed by atoms with Crippen LogP contribution < -0.4 is 14.8 Å². The van der Waals surface area contributed by atoms with E-state index in [0.717, 1.165) is 11.2 Å². The number of aromatic nitrogens is 2. The summed E-state index contributed by atoms with van der Waals surface area (Å²) in [4.78, 5) is 11.3. The van der Waals surface area contributed by atoms with Gasteiger partial charge in [0.25, 0.3) is 0 Å². The first-order valence-corrected chi connectivity index (χ1v) is 7.86. The number of nitrogens with one attached hydrogen (secondary N) is 1. The van der Waals surface area contributed by atoms with Crippen molar-refractivity contribution in [3.63, 3.8) is 0 Å². The summed E-state index contributed by atoms with van der Waals surface area (Å²) in [6.07, 6.45) is -1.17. The van der Waals surface area contributed by atoms with Crippen LogP contribution in [-0.2, 0) is 6.54 Å². The van der Waals surface area contributed by atoms with Crippen molar-refractivity contribution >= 4 is 17.0 Å². The topological polar surface area (TPSA) is 85.6 Å². The summed E-state index contributed by atoms with van der Waals surface area (Å²) in [5.41, 5.74) is 1.64. The van der Waals surface area contributed by atoms with Gasteiger partial charge in [0, 0.05) is 19.2 Å². The number of hydrogen-bond acceptors (Lipinski definition) is 5. The average Bonchev–Trinajstić information content (AvgIpc) is 3.00. The van der Waals surface area contributed by atoms with Crippen molar-refractivity contribution in [3.8, 4) is 11.6 Å². The molecule has 3 aromatic rings. The van der Waals surface area contributed by atoms with Crippen molar-refractivity contribution < 1.29 is 19.4 Å². The van der Waals surface area contributed by atoms with Gasteiger partial charge in [-0.3, -0.25) is 0 Å². The van der Waals surface area contributed by atoms with Crippen molar-refractivity contribution in [1.29, 1.82) is 0 Å². The maximum atomic E-state index is 11.3. The van der Waals surface area contributed by atoms with Crippen LogP contribution in [0, 0.1) is 0 Å². The number of rotatable bonds is 7. The smallest absolute Gasteiger partial charge is 0.432 e. The fourth-order valence-corrected chi connectivity index (χ4v) is 2.52. The van der Waals surface area contributed by atoms with Gasteiger partial charge in [0.2, 0.25) is 5.88 Å². The van der Waals surface area contributed by atoms with Gasteiger partial charge >= 0.3 is 6.09 Å². The van der Waals surface area contributed by atoms with Crippen molar-refractivity contribution in [2.75, 3.05) is 20.3 Å². The third-order valence-corrected chi connectivity index (χ3v) is 3.71. The van der Waals surface area contributed by atoms with Crippen molar-refractivity contribution in [2.24, 2.45) is 0 Å². The van der Waals surface area contributed by atoms with Crippen molar-refractivity contribution in [2.45, 2.75) is 6.54 Å². The maximum Gasteiger partial charge on any atom is 0.432 e. The largest absolute Gasteiger partial charge is 0.492 e. The highest BCUT2D eigenvalue weighted by Crippen LogP contribution is 2.28. The first-order valence-electron chi connectivity index (χ1n) is 7.86. The van der Waals surface area contributed by atoms with E-state index in [-0.39, 0.29) is 5.88 Å². The molecule has 2 aromatic carbocycles. The van der Waals surface area contributed by atoms with E-state index in [1.165, 1.54) is 12.7 Å². The van der Waals surface area contributed by atoms with Crippen LogP contribution in [0.5, 0.6) is 11.6 Å². The Morgan fingerprint density at radius 3 is 2.76 bits per heavy atom. The SMILES string of the molecule is COc1nn(C(=O)O)c2cc(OCCNCc3ccccc3)ccc12. The lowest BCUT2D eigenvalue weighted by Crippen LogP contribution is -2.20. The van der Waals surface area contributed by atoms with E-state index in [4.69, 9.17) is 9.47 Å². The molecule has 0 fully saturated rings. The molecule has 0 spiro atoms. The van der Waals surface area contributed by atoms with Crippen molar-refractivity contribution in [3.05, 3.63) is 54.1 Å². The third-order valence-electron chi connectivity index (χ3n) is 3.71. The van der Waals surface area contributed by atoms with Gasteiger partial charge in [0.05, 0.1) is 18.0 Å². The summed E-state index contributed by atoms with van der Waals surface area (Å²) in [7, 11) is 1.46. The highest BCUT2D eigenvalue weighted by Gasteiger charge is 2.16. The quantitative estimate of drug-likeness (QED) is 0.643. The van der Waals surface area contributed by atoms with E-state index in [1.54, 1.807) is 18.2 Å². The Bertz CT molecular complexity index is 861. The minimum atomic E-state index is -1.17. The van der Waals surface area contributed by atoms with Gasteiger partial charge in [-0.1, -0.05) is 30.3 Å². The number of carboxylic acid groups (broad SMARTS) is 1. The zero-order chi connectivity index (χ0) is 17.6. The number of nitrogens with zero attached hydrogens (tertiary/aromatic N) is 2. The van der Waals surface area contributed by atoms with Gasteiger partial charge in [-0.15, -0.1) is 5.10 Å². The van der Waals surface area contributed by atoms with Gasteiger partial charge in [0.1, 0.15) is 12.4 Å². The monoisotopic (exact) mass is 341 g/mol. The van der Waals surface area contributed by atoms with Crippen LogP contribution in [0.15, 0.2) is 48.5 Å². The second-order valence-corrected chi connectivity index (χ2v) is 5.39. The van der Waals surface area contributed by atoms with Gasteiger partial charge < -0.3 is 19.9 Å². The molecular formula is C18H19N3O4. The van der Waals surface area contributed by atoms with E-state index in [1.807, 2.05) is 18.2 Å². The first kappa shape index (κ1) is 16.8. The van der Waals surface area contributed by atoms with Gasteiger partial charge in [-0.05, 0) is 17.7 Å². The molecule has 25 heavy (non-hydrogen) atoms. The molecule has 0 aliphatic heterocycles. The van der Waals surface area contributed by atoms with Gasteiger partial charge in [-0.25, -0.2) is 4.79 Å². The van der Waals surface area contributed by atoms with Gasteiger partial charge in [0.15, 0.2) is 0 Å². The zero-order valence-corrected chi connectivity index (χ0v) is 13.8. The molecule has 0 amide bonds. The molecule has 0 aliphatic carbocycles. The molecule has 7 nitrogen and oxygen atoms in total. The third kappa shape index (κ3) is 3.89. The van der Waals surface area contributed by atoms with E-state index < -0.39 is 6.09 Å². The lowest BCUT2D eigenvalue weighted by molar-refractivity contribution is 0.193. The molecule has 0 atom stereocenters. The predicted octanol–water partition coefficient (Wildman–Crippen LogP) is 2.74. The Hall–Kier alpha value is -3.06. The number of benzene rings is 2. The highest BCUT2D eigenvalue weighted by atomic mass is 16.5. The standard InChI is InChI=1S/C18H19N3O4/c1-24-17-15-8-7-14(11-16(15)21(20-17)18(22)23)25-10-9-19-12-13-5-3-2-4-6-13/h2-8,11,19H,9-10,12H2,1H3,(H,22,23). The molecule has 0 saturated heterocycles. The van der Waals surface area contributed by atoms with Crippen LogP contribution in [0.2, 0.25) is 0 Å². The summed E-state index contributed by atoms with van der Waals surface area (Å²) in [5, 5.41) is 17.1. The Morgan fingerprint density at radius 2 is 2.04 bits per heavy atom. The van der Waals surface area contributed by atoms with Crippen LogP contribution in [0.3, 0.4) is 0 Å². The Morgan fingerprint density at radius 1 is 1.24 bits per heavy atom. The van der Waals surface area contributed by atoms with Crippen LogP contribution in [-0.4, -0.2) is 41.2 Å². The van der Waals surface area contributed by atoms with Crippen molar-refractivity contribution in [1.82, 2.24) is 15.1 Å². The summed E-state index contributed by atoms with van der Waals surface area (Å²) in [6, 6.07) is 15.3. The lowest BCUT2D eigenvalue weighted by atomic mass is 10.2. The molecule has 0 saturated carbocycles. The molecule has 0 unspecified atom stereocenters. The molecule has 0 radical (unpaired) electrons. The number of methoxy groups -OCH3 is 1. The van der Waals surface area contributed by atoms with Crippen LogP contribution in [0.1, 0.15) is 5.56 Å². The van der Waals surface area contributed by atoms with Crippen LogP contribution in [0.25, 0.3) is 10.9 Å². The summed E-state index contributed by atoms with van der Waals surface area (Å²) in [5.74, 6) is 0.854. The van der Waals surface area contributed by atoms with E-state index in [0.29, 0.717) is 29.8 Å². The van der Waals surface area contributed by atoms with E-state index in [9.17, 15) is 9.90 Å². The molecule has 130 valence electrons. The Balaban J connectivity index is 1.60. The summed E-state index contributed by atoms with van der Waals surface area (Å²) in [6.45, 7) is 1.91. The fourth-order valence-electron chi connectivity index (χ4n) is 2.52. The fraction of sp³-hybridized carbons (Fsp3) is 0.222. The number of hydrogen-bond donors (Lipinski definition) is 2. The molecule has 3 rings (SSSR count). The molecule has 7 heteroatoms. The second kappa shape index (κ2) is 7.67. The van der Waals surface area contributed by atoms with E-state index >= 15 is 0 Å². The molecule has 1 aromatic heterocycles. The Labute approximate surface area is 144 Å².